The summed E-state index contributed by atoms with van der Waals surface area (Å²) in [6.07, 6.45) is 0.456. The van der Waals surface area contributed by atoms with Gasteiger partial charge in [0.15, 0.2) is 5.17 Å². The van der Waals surface area contributed by atoms with Crippen LogP contribution in [0.3, 0.4) is 0 Å². The second kappa shape index (κ2) is 5.39. The number of nitrogens with zero attached hydrogens (tertiary/aromatic N) is 1. The lowest BCUT2D eigenvalue weighted by Crippen LogP contribution is -2.24. The molecule has 1 aliphatic rings. The molecule has 1 amide bonds. The zero-order chi connectivity index (χ0) is 13.1. The SMILES string of the molecule is N=C(N)SC[C@@H]1CC(=O)N(c2ccc(F)cc2)C1. The number of rotatable bonds is 3. The Balaban J connectivity index is 2.00. The predicted octanol–water partition coefficient (Wildman–Crippen LogP) is 1.81. The molecule has 3 N–H and O–H groups in total. The van der Waals surface area contributed by atoms with Gasteiger partial charge in [-0.15, -0.1) is 0 Å². The summed E-state index contributed by atoms with van der Waals surface area (Å²) in [6.45, 7) is 0.602. The number of carbonyl (C=O) groups is 1. The van der Waals surface area contributed by atoms with Gasteiger partial charge in [0, 0.05) is 24.4 Å². The molecule has 0 aromatic heterocycles. The first-order chi connectivity index (χ1) is 8.56. The Morgan fingerprint density at radius 3 is 2.78 bits per heavy atom. The molecule has 1 aromatic rings. The number of carbonyl (C=O) groups excluding carboxylic acids is 1. The van der Waals surface area contributed by atoms with Crippen molar-refractivity contribution < 1.29 is 9.18 Å². The van der Waals surface area contributed by atoms with Gasteiger partial charge in [-0.05, 0) is 30.2 Å². The van der Waals surface area contributed by atoms with Gasteiger partial charge in [-0.3, -0.25) is 10.2 Å². The molecule has 1 atom stereocenters. The summed E-state index contributed by atoms with van der Waals surface area (Å²) in [5, 5.41) is 7.22. The maximum atomic E-state index is 12.8. The molecule has 1 saturated heterocycles. The van der Waals surface area contributed by atoms with Crippen molar-refractivity contribution >= 4 is 28.5 Å². The molecular weight excluding hydrogens is 253 g/mol. The van der Waals surface area contributed by atoms with Gasteiger partial charge < -0.3 is 10.6 Å². The largest absolute Gasteiger partial charge is 0.379 e. The van der Waals surface area contributed by atoms with Gasteiger partial charge in [0.2, 0.25) is 5.91 Å². The molecule has 1 heterocycles. The standard InChI is InChI=1S/C12H14FN3OS/c13-9-1-3-10(4-2-9)16-6-8(5-11(16)17)7-18-12(14)15/h1-4,8H,5-7H2,(H3,14,15)/t8-/m1/s1. The van der Waals surface area contributed by atoms with Gasteiger partial charge in [-0.1, -0.05) is 11.8 Å². The van der Waals surface area contributed by atoms with E-state index in [1.807, 2.05) is 0 Å². The van der Waals surface area contributed by atoms with Crippen LogP contribution >= 0.6 is 11.8 Å². The monoisotopic (exact) mass is 267 g/mol. The predicted molar refractivity (Wildman–Crippen MR) is 71.2 cm³/mol. The second-order valence-electron chi connectivity index (χ2n) is 4.23. The smallest absolute Gasteiger partial charge is 0.227 e. The fraction of sp³-hybridized carbons (Fsp3) is 0.333. The van der Waals surface area contributed by atoms with Crippen molar-refractivity contribution in [3.05, 3.63) is 30.1 Å². The summed E-state index contributed by atoms with van der Waals surface area (Å²) in [7, 11) is 0. The molecule has 1 fully saturated rings. The van der Waals surface area contributed by atoms with E-state index in [1.165, 1.54) is 23.9 Å². The van der Waals surface area contributed by atoms with Crippen molar-refractivity contribution in [2.24, 2.45) is 11.7 Å². The van der Waals surface area contributed by atoms with Crippen LogP contribution in [0.5, 0.6) is 0 Å². The van der Waals surface area contributed by atoms with Gasteiger partial charge >= 0.3 is 0 Å². The average Bonchev–Trinajstić information content (AvgIpc) is 2.69. The zero-order valence-corrected chi connectivity index (χ0v) is 10.5. The number of nitrogens with two attached hydrogens (primary N) is 1. The van der Waals surface area contributed by atoms with Crippen molar-refractivity contribution in [1.82, 2.24) is 0 Å². The van der Waals surface area contributed by atoms with E-state index in [-0.39, 0.29) is 22.8 Å². The Morgan fingerprint density at radius 1 is 1.50 bits per heavy atom. The summed E-state index contributed by atoms with van der Waals surface area (Å²) in [5.41, 5.74) is 5.99. The molecule has 4 nitrogen and oxygen atoms in total. The number of hydrogen-bond acceptors (Lipinski definition) is 3. The van der Waals surface area contributed by atoms with Crippen molar-refractivity contribution in [3.63, 3.8) is 0 Å². The minimum Gasteiger partial charge on any atom is -0.379 e. The van der Waals surface area contributed by atoms with E-state index >= 15 is 0 Å². The lowest BCUT2D eigenvalue weighted by Gasteiger charge is -2.16. The Kier molecular flexibility index (Phi) is 3.86. The van der Waals surface area contributed by atoms with Crippen LogP contribution in [0.15, 0.2) is 24.3 Å². The lowest BCUT2D eigenvalue weighted by atomic mass is 10.1. The molecule has 0 spiro atoms. The number of nitrogens with one attached hydrogen (secondary N) is 1. The Hall–Kier alpha value is -1.56. The fourth-order valence-electron chi connectivity index (χ4n) is 1.97. The van der Waals surface area contributed by atoms with Gasteiger partial charge in [-0.2, -0.15) is 0 Å². The number of hydrogen-bond donors (Lipinski definition) is 2. The molecule has 6 heteroatoms. The van der Waals surface area contributed by atoms with Crippen molar-refractivity contribution in [3.8, 4) is 0 Å². The molecule has 0 saturated carbocycles. The van der Waals surface area contributed by atoms with E-state index in [4.69, 9.17) is 11.1 Å². The van der Waals surface area contributed by atoms with E-state index < -0.39 is 0 Å². The number of anilines is 1. The number of amidine groups is 1. The van der Waals surface area contributed by atoms with E-state index in [9.17, 15) is 9.18 Å². The average molecular weight is 267 g/mol. The third-order valence-electron chi connectivity index (χ3n) is 2.82. The number of amides is 1. The van der Waals surface area contributed by atoms with Crippen LogP contribution in [-0.2, 0) is 4.79 Å². The maximum Gasteiger partial charge on any atom is 0.227 e. The fourth-order valence-corrected chi connectivity index (χ4v) is 2.61. The van der Waals surface area contributed by atoms with E-state index in [0.29, 0.717) is 18.7 Å². The molecule has 0 bridgehead atoms. The summed E-state index contributed by atoms with van der Waals surface area (Å²) in [4.78, 5) is 13.5. The first-order valence-electron chi connectivity index (χ1n) is 5.59. The van der Waals surface area contributed by atoms with Crippen LogP contribution in [0.1, 0.15) is 6.42 Å². The van der Waals surface area contributed by atoms with Crippen LogP contribution in [-0.4, -0.2) is 23.4 Å². The summed E-state index contributed by atoms with van der Waals surface area (Å²) in [5.74, 6) is 0.583. The number of thioether (sulfide) groups is 1. The van der Waals surface area contributed by atoms with Crippen LogP contribution in [0.25, 0.3) is 0 Å². The molecular formula is C12H14FN3OS. The second-order valence-corrected chi connectivity index (χ2v) is 5.29. The minimum absolute atomic E-state index is 0.0377. The normalized spacial score (nSPS) is 19.3. The first-order valence-corrected chi connectivity index (χ1v) is 6.57. The van der Waals surface area contributed by atoms with Gasteiger partial charge in [0.05, 0.1) is 0 Å². The number of benzene rings is 1. The lowest BCUT2D eigenvalue weighted by molar-refractivity contribution is -0.117. The van der Waals surface area contributed by atoms with Gasteiger partial charge in [0.25, 0.3) is 0 Å². The molecule has 1 aliphatic heterocycles. The zero-order valence-electron chi connectivity index (χ0n) is 9.73. The van der Waals surface area contributed by atoms with Gasteiger partial charge in [-0.25, -0.2) is 4.39 Å². The Morgan fingerprint density at radius 2 is 2.17 bits per heavy atom. The third kappa shape index (κ3) is 3.01. The highest BCUT2D eigenvalue weighted by Crippen LogP contribution is 2.27. The quantitative estimate of drug-likeness (QED) is 0.648. The maximum absolute atomic E-state index is 12.8. The summed E-state index contributed by atoms with van der Waals surface area (Å²) >= 11 is 1.25. The minimum atomic E-state index is -0.311. The molecule has 2 rings (SSSR count). The van der Waals surface area contributed by atoms with Crippen LogP contribution < -0.4 is 10.6 Å². The van der Waals surface area contributed by atoms with E-state index in [2.05, 4.69) is 0 Å². The molecule has 0 aliphatic carbocycles. The van der Waals surface area contributed by atoms with Crippen LogP contribution in [0.4, 0.5) is 10.1 Å². The van der Waals surface area contributed by atoms with E-state index in [1.54, 1.807) is 17.0 Å². The first kappa shape index (κ1) is 12.9. The molecule has 0 radical (unpaired) electrons. The van der Waals surface area contributed by atoms with Crippen LogP contribution in [0, 0.1) is 17.1 Å². The highest BCUT2D eigenvalue weighted by molar-refractivity contribution is 8.13. The summed E-state index contributed by atoms with van der Waals surface area (Å²) < 4.78 is 12.8. The van der Waals surface area contributed by atoms with Crippen molar-refractivity contribution in [2.45, 2.75) is 6.42 Å². The van der Waals surface area contributed by atoms with Gasteiger partial charge in [0.1, 0.15) is 5.82 Å². The highest BCUT2D eigenvalue weighted by atomic mass is 32.2. The number of halogens is 1. The highest BCUT2D eigenvalue weighted by Gasteiger charge is 2.30. The molecule has 96 valence electrons. The van der Waals surface area contributed by atoms with Crippen molar-refractivity contribution in [2.75, 3.05) is 17.2 Å². The van der Waals surface area contributed by atoms with E-state index in [0.717, 1.165) is 5.69 Å². The Labute approximate surface area is 109 Å². The van der Waals surface area contributed by atoms with Crippen LogP contribution in [0.2, 0.25) is 0 Å². The molecule has 18 heavy (non-hydrogen) atoms. The summed E-state index contributed by atoms with van der Waals surface area (Å²) in [6, 6.07) is 5.90. The molecule has 1 aromatic carbocycles. The third-order valence-corrected chi connectivity index (χ3v) is 3.77. The molecule has 0 unspecified atom stereocenters. The Bertz CT molecular complexity index is 463. The van der Waals surface area contributed by atoms with Crippen molar-refractivity contribution in [1.29, 1.82) is 5.41 Å². The topological polar surface area (TPSA) is 70.2 Å².